The summed E-state index contributed by atoms with van der Waals surface area (Å²) >= 11 is 6.57. The molecule has 31 heavy (non-hydrogen) atoms. The lowest BCUT2D eigenvalue weighted by Gasteiger charge is -2.23. The Morgan fingerprint density at radius 3 is 2.45 bits per heavy atom. The Labute approximate surface area is 185 Å². The third-order valence-electron chi connectivity index (χ3n) is 4.89. The Balaban J connectivity index is 1.70. The minimum absolute atomic E-state index is 0.116. The molecule has 0 aliphatic rings. The largest absolute Gasteiger partial charge is 0.494 e. The van der Waals surface area contributed by atoms with Gasteiger partial charge in [-0.05, 0) is 35.9 Å². The van der Waals surface area contributed by atoms with E-state index >= 15 is 0 Å². The topological polar surface area (TPSA) is 60.5 Å². The summed E-state index contributed by atoms with van der Waals surface area (Å²) in [7, 11) is 1.59. The van der Waals surface area contributed by atoms with Crippen molar-refractivity contribution < 1.29 is 14.3 Å². The number of para-hydroxylation sites is 1. The van der Waals surface area contributed by atoms with E-state index in [0.717, 1.165) is 16.5 Å². The summed E-state index contributed by atoms with van der Waals surface area (Å²) in [5.41, 5.74) is 2.25. The van der Waals surface area contributed by atoms with Gasteiger partial charge in [0, 0.05) is 17.1 Å². The van der Waals surface area contributed by atoms with Crippen LogP contribution in [-0.2, 0) is 4.79 Å². The van der Waals surface area contributed by atoms with Crippen molar-refractivity contribution in [2.45, 2.75) is 6.04 Å². The van der Waals surface area contributed by atoms with Crippen LogP contribution in [-0.4, -0.2) is 24.6 Å². The van der Waals surface area contributed by atoms with E-state index in [-0.39, 0.29) is 12.5 Å². The van der Waals surface area contributed by atoms with Crippen molar-refractivity contribution in [3.05, 3.63) is 101 Å². The van der Waals surface area contributed by atoms with E-state index in [0.29, 0.717) is 22.0 Å². The van der Waals surface area contributed by atoms with Gasteiger partial charge in [0.05, 0.1) is 18.2 Å². The van der Waals surface area contributed by atoms with E-state index in [1.54, 1.807) is 25.4 Å². The maximum atomic E-state index is 12.8. The van der Waals surface area contributed by atoms with Gasteiger partial charge in [0.25, 0.3) is 5.91 Å². The smallest absolute Gasteiger partial charge is 0.258 e. The molecule has 0 aliphatic heterocycles. The van der Waals surface area contributed by atoms with Crippen LogP contribution in [0, 0.1) is 0 Å². The summed E-state index contributed by atoms with van der Waals surface area (Å²) in [4.78, 5) is 17.3. The molecule has 0 radical (unpaired) electrons. The number of halogens is 1. The summed E-state index contributed by atoms with van der Waals surface area (Å²) in [6, 6.07) is 23.9. The molecular formula is C25H21ClN2O3. The van der Waals surface area contributed by atoms with Crippen LogP contribution in [0.5, 0.6) is 11.5 Å². The van der Waals surface area contributed by atoms with Gasteiger partial charge in [0.1, 0.15) is 11.3 Å². The van der Waals surface area contributed by atoms with Gasteiger partial charge in [-0.2, -0.15) is 0 Å². The summed E-state index contributed by atoms with van der Waals surface area (Å²) in [5.74, 6) is 0.930. The molecule has 1 amide bonds. The number of nitrogens with one attached hydrogen (secondary N) is 1. The van der Waals surface area contributed by atoms with Crippen molar-refractivity contribution >= 4 is 28.4 Å². The van der Waals surface area contributed by atoms with E-state index in [4.69, 9.17) is 21.1 Å². The Bertz CT molecular complexity index is 1180. The number of carbonyl (C=O) groups excluding carboxylic acids is 1. The molecule has 1 heterocycles. The van der Waals surface area contributed by atoms with Crippen molar-refractivity contribution in [3.8, 4) is 11.5 Å². The van der Waals surface area contributed by atoms with E-state index in [2.05, 4.69) is 10.3 Å². The zero-order chi connectivity index (χ0) is 21.6. The number of ether oxygens (including phenoxy) is 2. The predicted octanol–water partition coefficient (Wildman–Crippen LogP) is 5.18. The van der Waals surface area contributed by atoms with Crippen LogP contribution in [0.2, 0.25) is 5.02 Å². The zero-order valence-corrected chi connectivity index (χ0v) is 17.7. The Morgan fingerprint density at radius 1 is 1.03 bits per heavy atom. The van der Waals surface area contributed by atoms with Gasteiger partial charge in [0.15, 0.2) is 12.4 Å². The number of rotatable bonds is 7. The molecule has 0 saturated heterocycles. The molecular weight excluding hydrogens is 412 g/mol. The van der Waals surface area contributed by atoms with Crippen LogP contribution >= 0.6 is 11.6 Å². The van der Waals surface area contributed by atoms with E-state index in [1.165, 1.54) is 0 Å². The normalized spacial score (nSPS) is 11.7. The highest BCUT2D eigenvalue weighted by atomic mass is 35.5. The Hall–Kier alpha value is -3.57. The van der Waals surface area contributed by atoms with E-state index in [1.807, 2.05) is 66.7 Å². The second-order valence-corrected chi connectivity index (χ2v) is 7.30. The monoisotopic (exact) mass is 432 g/mol. The van der Waals surface area contributed by atoms with Gasteiger partial charge >= 0.3 is 0 Å². The number of nitrogens with zero attached hydrogens (tertiary/aromatic N) is 1. The summed E-state index contributed by atoms with van der Waals surface area (Å²) in [6.07, 6.45) is 1.69. The van der Waals surface area contributed by atoms with E-state index in [9.17, 15) is 4.79 Å². The minimum Gasteiger partial charge on any atom is -0.494 e. The molecule has 1 aromatic heterocycles. The van der Waals surface area contributed by atoms with Gasteiger partial charge in [-0.25, -0.2) is 0 Å². The first-order chi connectivity index (χ1) is 15.2. The Kier molecular flexibility index (Phi) is 6.34. The zero-order valence-electron chi connectivity index (χ0n) is 16.9. The van der Waals surface area contributed by atoms with Crippen LogP contribution in [0.4, 0.5) is 0 Å². The minimum atomic E-state index is -0.494. The summed E-state index contributed by atoms with van der Waals surface area (Å²) in [6.45, 7) is -0.116. The molecule has 5 nitrogen and oxygen atoms in total. The fourth-order valence-electron chi connectivity index (χ4n) is 3.48. The average Bonchev–Trinajstić information content (AvgIpc) is 2.82. The number of methoxy groups -OCH3 is 1. The SMILES string of the molecule is COc1c(C(NC(=O)COc2ccccc2)c2ccccc2)cc(Cl)c2cccnc12. The van der Waals surface area contributed by atoms with Crippen molar-refractivity contribution in [1.82, 2.24) is 10.3 Å². The van der Waals surface area contributed by atoms with Crippen LogP contribution in [0.1, 0.15) is 17.2 Å². The van der Waals surface area contributed by atoms with Crippen molar-refractivity contribution in [2.24, 2.45) is 0 Å². The van der Waals surface area contributed by atoms with Gasteiger partial charge in [-0.1, -0.05) is 60.1 Å². The molecule has 4 aromatic rings. The van der Waals surface area contributed by atoms with Gasteiger partial charge in [0.2, 0.25) is 0 Å². The van der Waals surface area contributed by atoms with Crippen LogP contribution < -0.4 is 14.8 Å². The lowest BCUT2D eigenvalue weighted by Crippen LogP contribution is -2.33. The van der Waals surface area contributed by atoms with E-state index < -0.39 is 6.04 Å². The lowest BCUT2D eigenvalue weighted by molar-refractivity contribution is -0.123. The Morgan fingerprint density at radius 2 is 1.74 bits per heavy atom. The number of pyridine rings is 1. The number of aromatic nitrogens is 1. The molecule has 1 N–H and O–H groups in total. The second kappa shape index (κ2) is 9.49. The number of hydrogen-bond donors (Lipinski definition) is 1. The van der Waals surface area contributed by atoms with Crippen LogP contribution in [0.3, 0.4) is 0 Å². The average molecular weight is 433 g/mol. The number of fused-ring (bicyclic) bond motifs is 1. The first-order valence-corrected chi connectivity index (χ1v) is 10.2. The fourth-order valence-corrected chi connectivity index (χ4v) is 3.75. The number of carbonyl (C=O) groups is 1. The molecule has 3 aromatic carbocycles. The standard InChI is InChI=1S/C25H21ClN2O3/c1-30-25-20(15-21(26)19-13-8-14-27-24(19)25)23(17-9-4-2-5-10-17)28-22(29)16-31-18-11-6-3-7-12-18/h2-15,23H,16H2,1H3,(H,28,29). The molecule has 4 rings (SSSR count). The third kappa shape index (κ3) is 4.62. The molecule has 1 unspecified atom stereocenters. The highest BCUT2D eigenvalue weighted by molar-refractivity contribution is 6.35. The number of amides is 1. The molecule has 6 heteroatoms. The molecule has 0 spiro atoms. The maximum Gasteiger partial charge on any atom is 0.258 e. The predicted molar refractivity (Wildman–Crippen MR) is 122 cm³/mol. The highest BCUT2D eigenvalue weighted by Crippen LogP contribution is 2.39. The lowest BCUT2D eigenvalue weighted by atomic mass is 9.96. The van der Waals surface area contributed by atoms with Gasteiger partial charge < -0.3 is 14.8 Å². The quantitative estimate of drug-likeness (QED) is 0.437. The molecule has 1 atom stereocenters. The van der Waals surface area contributed by atoms with Crippen molar-refractivity contribution in [2.75, 3.05) is 13.7 Å². The van der Waals surface area contributed by atoms with Crippen molar-refractivity contribution in [3.63, 3.8) is 0 Å². The molecule has 0 aliphatic carbocycles. The first kappa shape index (κ1) is 20.7. The second-order valence-electron chi connectivity index (χ2n) is 6.89. The third-order valence-corrected chi connectivity index (χ3v) is 5.20. The van der Waals surface area contributed by atoms with Gasteiger partial charge in [-0.3, -0.25) is 9.78 Å². The van der Waals surface area contributed by atoms with Gasteiger partial charge in [-0.15, -0.1) is 0 Å². The summed E-state index contributed by atoms with van der Waals surface area (Å²) < 4.78 is 11.3. The highest BCUT2D eigenvalue weighted by Gasteiger charge is 2.24. The fraction of sp³-hybridized carbons (Fsp3) is 0.120. The van der Waals surface area contributed by atoms with Crippen LogP contribution in [0.25, 0.3) is 10.9 Å². The van der Waals surface area contributed by atoms with Crippen LogP contribution in [0.15, 0.2) is 85.1 Å². The summed E-state index contributed by atoms with van der Waals surface area (Å²) in [5, 5.41) is 4.38. The first-order valence-electron chi connectivity index (χ1n) is 9.80. The molecule has 0 saturated carbocycles. The van der Waals surface area contributed by atoms with Crippen molar-refractivity contribution in [1.29, 1.82) is 0 Å². The number of hydrogen-bond acceptors (Lipinski definition) is 4. The molecule has 156 valence electrons. The molecule has 0 fully saturated rings. The number of benzene rings is 3. The maximum absolute atomic E-state index is 12.8. The molecule has 0 bridgehead atoms.